The van der Waals surface area contributed by atoms with Crippen molar-refractivity contribution >= 4 is 63.5 Å². The van der Waals surface area contributed by atoms with Gasteiger partial charge in [-0.15, -0.1) is 0 Å². The fraction of sp³-hybridized carbons (Fsp3) is 0.344. The van der Waals surface area contributed by atoms with Crippen LogP contribution in [-0.2, 0) is 45.9 Å². The Bertz CT molecular complexity index is 3760. The van der Waals surface area contributed by atoms with E-state index in [9.17, 15) is 0 Å². The number of nitrogens with zero attached hydrogens (tertiary/aromatic N) is 9. The Hall–Kier alpha value is -8.78. The summed E-state index contributed by atoms with van der Waals surface area (Å²) in [5.74, 6) is 3.28. The lowest BCUT2D eigenvalue weighted by molar-refractivity contribution is -0.204. The molecule has 25 heteroatoms. The number of benzene rings is 6. The minimum Gasteiger partial charge on any atom is -0.484 e. The molecule has 0 saturated carbocycles. The molecule has 0 aliphatic carbocycles. The van der Waals surface area contributed by atoms with E-state index in [4.69, 9.17) is 99.9 Å². The Morgan fingerprint density at radius 3 is 1.17 bits per heavy atom. The maximum Gasteiger partial charge on any atom is 0.487 e. The second-order valence-corrected chi connectivity index (χ2v) is 23.7. The van der Waals surface area contributed by atoms with Crippen LogP contribution >= 0.6 is 15.9 Å². The number of aliphatic imine (C=N–C) groups is 3. The molecular formula is C64H66BBrN12O11. The standard InChI is InChI=1S/2C21H20N4O3.C14H16BrN3O3.C7H6BNO2.CH4/c2*1-23-16-5-3-4-14(10-16)15-6-7-18-17(11-15)21(24-19(22)25(2)28-21)12-20(27-18)8-9-26-13-20;1-18-12(16)17-14(21-18)7-13(4-5-19-8-13)20-11-3-2-9(15)6-10(11)14;1-9-7-4-2-3-6(5-7)8(10)11;/h2*3-7,10-11H,8-9,12-13H2,2H3,(H2,22,24);2-3,6H,4-5,7-8H2,1H3,(H2,16,17);2-5,10-11H;1H4/t20-,21+;20-,21-;;;/m01.../s1. The van der Waals surface area contributed by atoms with E-state index in [2.05, 4.69) is 35.5 Å². The number of halogens is 1. The molecule has 6 aromatic carbocycles. The lowest BCUT2D eigenvalue weighted by atomic mass is 9.80. The zero-order valence-corrected chi connectivity index (χ0v) is 50.0. The van der Waals surface area contributed by atoms with Crippen molar-refractivity contribution in [3.8, 4) is 39.5 Å². The maximum absolute atomic E-state index is 8.70. The molecule has 3 saturated heterocycles. The molecule has 0 radical (unpaired) electrons. The van der Waals surface area contributed by atoms with Crippen LogP contribution < -0.4 is 36.9 Å². The van der Waals surface area contributed by atoms with Crippen molar-refractivity contribution in [2.45, 2.75) is 79.9 Å². The molecule has 89 heavy (non-hydrogen) atoms. The van der Waals surface area contributed by atoms with E-state index in [0.29, 0.717) is 99.3 Å². The summed E-state index contributed by atoms with van der Waals surface area (Å²) in [4.78, 5) is 42.6. The molecule has 458 valence electrons. The largest absolute Gasteiger partial charge is 0.487 e. The van der Waals surface area contributed by atoms with E-state index in [1.807, 2.05) is 91.0 Å². The van der Waals surface area contributed by atoms with Crippen LogP contribution in [0.5, 0.6) is 17.2 Å². The third-order valence-electron chi connectivity index (χ3n) is 16.7. The third-order valence-corrected chi connectivity index (χ3v) is 17.2. The van der Waals surface area contributed by atoms with Gasteiger partial charge in [-0.3, -0.25) is 0 Å². The highest BCUT2D eigenvalue weighted by Gasteiger charge is 2.59. The van der Waals surface area contributed by atoms with Crippen LogP contribution in [0.15, 0.2) is 147 Å². The summed E-state index contributed by atoms with van der Waals surface area (Å²) < 4.78 is 36.8. The summed E-state index contributed by atoms with van der Waals surface area (Å²) in [6.07, 6.45) is 4.05. The Morgan fingerprint density at radius 2 is 0.831 bits per heavy atom. The number of hydrogen-bond donors (Lipinski definition) is 5. The Morgan fingerprint density at radius 1 is 0.483 bits per heavy atom. The van der Waals surface area contributed by atoms with Gasteiger partial charge in [0.2, 0.25) is 35.1 Å². The Labute approximate surface area is 524 Å². The highest BCUT2D eigenvalue weighted by molar-refractivity contribution is 9.10. The number of nitrogens with two attached hydrogens (primary N) is 3. The fourth-order valence-electron chi connectivity index (χ4n) is 12.4. The highest BCUT2D eigenvalue weighted by Crippen LogP contribution is 2.55. The van der Waals surface area contributed by atoms with Crippen LogP contribution in [-0.4, -0.2) is 128 Å². The van der Waals surface area contributed by atoms with Crippen molar-refractivity contribution in [3.63, 3.8) is 0 Å². The number of guanidine groups is 3. The maximum atomic E-state index is 8.70. The summed E-state index contributed by atoms with van der Waals surface area (Å²) in [5.41, 5.74) is 22.4. The summed E-state index contributed by atoms with van der Waals surface area (Å²) >= 11 is 3.50. The molecule has 3 fully saturated rings. The van der Waals surface area contributed by atoms with E-state index in [1.165, 1.54) is 21.3 Å². The highest BCUT2D eigenvalue weighted by atomic mass is 79.9. The molecule has 2 unspecified atom stereocenters. The lowest BCUT2D eigenvalue weighted by Crippen LogP contribution is -2.49. The van der Waals surface area contributed by atoms with E-state index < -0.39 is 41.1 Å². The van der Waals surface area contributed by atoms with Gasteiger partial charge in [-0.05, 0) is 82.3 Å². The van der Waals surface area contributed by atoms with Crippen molar-refractivity contribution in [1.82, 2.24) is 15.2 Å². The average molecular weight is 1270 g/mol. The van der Waals surface area contributed by atoms with Crippen molar-refractivity contribution in [3.05, 3.63) is 183 Å². The van der Waals surface area contributed by atoms with Crippen LogP contribution in [0.2, 0.25) is 0 Å². The second-order valence-electron chi connectivity index (χ2n) is 22.8. The van der Waals surface area contributed by atoms with Crippen LogP contribution in [0.4, 0.5) is 17.1 Å². The van der Waals surface area contributed by atoms with E-state index in [-0.39, 0.29) is 7.43 Å². The minimum absolute atomic E-state index is 0. The van der Waals surface area contributed by atoms with Gasteiger partial charge in [0.15, 0.2) is 17.1 Å². The molecule has 15 rings (SSSR count). The minimum atomic E-state index is -1.49. The Kier molecular flexibility index (Phi) is 16.9. The molecule has 0 amide bonds. The molecule has 8 N–H and O–H groups in total. The van der Waals surface area contributed by atoms with Gasteiger partial charge in [-0.1, -0.05) is 96.2 Å². The van der Waals surface area contributed by atoms with Crippen molar-refractivity contribution < 1.29 is 53.0 Å². The van der Waals surface area contributed by atoms with Gasteiger partial charge in [0.25, 0.3) is 0 Å². The summed E-state index contributed by atoms with van der Waals surface area (Å²) in [7, 11) is 3.78. The topological polar surface area (TPSA) is 261 Å². The molecule has 9 aliphatic heterocycles. The molecular weight excluding hydrogens is 1200 g/mol. The molecule has 0 bridgehead atoms. The predicted octanol–water partition coefficient (Wildman–Crippen LogP) is 8.67. The summed E-state index contributed by atoms with van der Waals surface area (Å²) in [6, 6.07) is 39.1. The molecule has 0 aromatic heterocycles. The number of fused-ring (bicyclic) bond motifs is 6. The van der Waals surface area contributed by atoms with Gasteiger partial charge in [0, 0.05) is 64.1 Å². The first-order valence-electron chi connectivity index (χ1n) is 28.3. The molecule has 23 nitrogen and oxygen atoms in total. The Balaban J connectivity index is 0.000000127. The number of ether oxygens (including phenoxy) is 6. The van der Waals surface area contributed by atoms with Gasteiger partial charge in [0.1, 0.15) is 34.1 Å². The van der Waals surface area contributed by atoms with Gasteiger partial charge in [0.05, 0.1) is 76.0 Å². The van der Waals surface area contributed by atoms with Gasteiger partial charge in [-0.25, -0.2) is 59.2 Å². The van der Waals surface area contributed by atoms with E-state index >= 15 is 0 Å². The summed E-state index contributed by atoms with van der Waals surface area (Å²) in [6.45, 7) is 24.7. The zero-order valence-electron chi connectivity index (χ0n) is 48.4. The zero-order chi connectivity index (χ0) is 61.6. The smallest absolute Gasteiger partial charge is 0.484 e. The van der Waals surface area contributed by atoms with Gasteiger partial charge >= 0.3 is 7.12 Å². The van der Waals surface area contributed by atoms with Gasteiger partial charge in [-0.2, -0.15) is 0 Å². The first kappa shape index (κ1) is 61.9. The second kappa shape index (κ2) is 24.3. The van der Waals surface area contributed by atoms with Crippen molar-refractivity contribution in [2.24, 2.45) is 32.2 Å². The first-order chi connectivity index (χ1) is 42.3. The quantitative estimate of drug-likeness (QED) is 0.0820. The predicted molar refractivity (Wildman–Crippen MR) is 336 cm³/mol. The van der Waals surface area contributed by atoms with Crippen molar-refractivity contribution in [1.29, 1.82) is 0 Å². The number of hydrogen-bond acceptors (Lipinski definition) is 20. The molecule has 6 atom stereocenters. The summed E-state index contributed by atoms with van der Waals surface area (Å²) in [5, 5.41) is 21.9. The van der Waals surface area contributed by atoms with Crippen molar-refractivity contribution in [2.75, 3.05) is 60.8 Å². The molecule has 6 aromatic rings. The number of rotatable bonds is 3. The average Bonchev–Trinajstić information content (AvgIpc) is 1.75. The van der Waals surface area contributed by atoms with Crippen LogP contribution in [0.25, 0.3) is 36.8 Å². The SMILES string of the molecule is C.CN1OC2(CC3(CCOC3)Oc3ccc(Br)cc32)N=C1N.[C-]#[N+]c1cccc(-c2ccc3c(c2)[C@]2(C[C@@]4(CCOC4)O3)N=C(N)N(C)O2)c1.[C-]#[N+]c1cccc(-c2ccc3c(c2)[C@]2(C[C@]4(CCOC4)O3)N=C(N)N(C)O2)c1.[C-]#[N+]c1cccc(B(O)O)c1. The monoisotopic (exact) mass is 1270 g/mol. The number of hydroxylamine groups is 6. The fourth-order valence-corrected chi connectivity index (χ4v) is 12.8. The van der Waals surface area contributed by atoms with Gasteiger partial charge < -0.3 is 55.7 Å². The van der Waals surface area contributed by atoms with Crippen LogP contribution in [0.3, 0.4) is 0 Å². The van der Waals surface area contributed by atoms with E-state index in [1.54, 1.807) is 51.5 Å². The molecule has 9 aliphatic rings. The molecule has 9 heterocycles. The van der Waals surface area contributed by atoms with Crippen LogP contribution in [0.1, 0.15) is 62.6 Å². The van der Waals surface area contributed by atoms with Crippen LogP contribution in [0, 0.1) is 19.7 Å². The first-order valence-corrected chi connectivity index (χ1v) is 29.1. The third kappa shape index (κ3) is 12.0. The van der Waals surface area contributed by atoms with E-state index in [0.717, 1.165) is 79.9 Å². The lowest BCUT2D eigenvalue weighted by Gasteiger charge is -2.42. The normalized spacial score (nSPS) is 26.9. The molecule has 6 spiro atoms.